The minimum atomic E-state index is -3.38. The van der Waals surface area contributed by atoms with Gasteiger partial charge in [0.1, 0.15) is 0 Å². The first-order valence-electron chi connectivity index (χ1n) is 6.01. The lowest BCUT2D eigenvalue weighted by molar-refractivity contribution is 0.446. The molecule has 0 heterocycles. The van der Waals surface area contributed by atoms with Crippen molar-refractivity contribution in [3.63, 3.8) is 0 Å². The first kappa shape index (κ1) is 14.9. The van der Waals surface area contributed by atoms with Crippen molar-refractivity contribution in [1.29, 1.82) is 0 Å². The van der Waals surface area contributed by atoms with Gasteiger partial charge in [0.2, 0.25) is 0 Å². The van der Waals surface area contributed by atoms with Crippen LogP contribution in [0, 0.1) is 10.8 Å². The second-order valence-corrected chi connectivity index (χ2v) is 7.77. The van der Waals surface area contributed by atoms with Gasteiger partial charge in [-0.1, -0.05) is 27.7 Å². The SMILES string of the molecule is CN(CCCN)S(=O)(=O)NC1C(C)(C)C1(C)C. The van der Waals surface area contributed by atoms with E-state index < -0.39 is 10.2 Å². The third-order valence-corrected chi connectivity index (χ3v) is 5.91. The zero-order chi connectivity index (χ0) is 13.5. The Morgan fingerprint density at radius 2 is 1.71 bits per heavy atom. The molecule has 0 spiro atoms. The summed E-state index contributed by atoms with van der Waals surface area (Å²) in [6, 6.07) is 0.000302. The summed E-state index contributed by atoms with van der Waals surface area (Å²) in [6.07, 6.45) is 0.675. The highest BCUT2D eigenvalue weighted by atomic mass is 32.2. The molecule has 1 fully saturated rings. The first-order chi connectivity index (χ1) is 7.57. The zero-order valence-electron chi connectivity index (χ0n) is 11.4. The minimum Gasteiger partial charge on any atom is -0.330 e. The highest BCUT2D eigenvalue weighted by Crippen LogP contribution is 2.62. The third kappa shape index (κ3) is 2.65. The van der Waals surface area contributed by atoms with E-state index in [-0.39, 0.29) is 16.9 Å². The highest BCUT2D eigenvalue weighted by molar-refractivity contribution is 7.87. The van der Waals surface area contributed by atoms with Gasteiger partial charge in [0.25, 0.3) is 10.2 Å². The van der Waals surface area contributed by atoms with Gasteiger partial charge < -0.3 is 5.73 Å². The number of nitrogens with one attached hydrogen (secondary N) is 1. The lowest BCUT2D eigenvalue weighted by Crippen LogP contribution is -2.41. The maximum Gasteiger partial charge on any atom is 0.279 e. The van der Waals surface area contributed by atoms with Crippen molar-refractivity contribution in [3.8, 4) is 0 Å². The molecule has 0 aromatic carbocycles. The molecule has 0 unspecified atom stereocenters. The summed E-state index contributed by atoms with van der Waals surface area (Å²) in [4.78, 5) is 0. The largest absolute Gasteiger partial charge is 0.330 e. The standard InChI is InChI=1S/C11H25N3O2S/c1-10(2)9(11(10,3)4)13-17(15,16)14(5)8-6-7-12/h9,13H,6-8,12H2,1-5H3. The Balaban J connectivity index is 2.64. The molecule has 1 aliphatic rings. The molecule has 0 amide bonds. The van der Waals surface area contributed by atoms with Crippen LogP contribution in [-0.4, -0.2) is 38.9 Å². The fourth-order valence-electron chi connectivity index (χ4n) is 2.16. The molecule has 0 radical (unpaired) electrons. The second-order valence-electron chi connectivity index (χ2n) is 5.96. The normalized spacial score (nSPS) is 23.0. The van der Waals surface area contributed by atoms with Crippen molar-refractivity contribution >= 4 is 10.2 Å². The summed E-state index contributed by atoms with van der Waals surface area (Å²) in [5, 5.41) is 0. The molecular weight excluding hydrogens is 238 g/mol. The van der Waals surface area contributed by atoms with Crippen molar-refractivity contribution in [2.24, 2.45) is 16.6 Å². The minimum absolute atomic E-state index is 0.000302. The molecule has 0 aliphatic heterocycles. The smallest absolute Gasteiger partial charge is 0.279 e. The Morgan fingerprint density at radius 3 is 2.06 bits per heavy atom. The molecule has 0 saturated heterocycles. The van der Waals surface area contributed by atoms with Crippen molar-refractivity contribution in [2.45, 2.75) is 40.2 Å². The summed E-state index contributed by atoms with van der Waals surface area (Å²) in [5.74, 6) is 0. The van der Waals surface area contributed by atoms with Gasteiger partial charge in [-0.2, -0.15) is 17.4 Å². The maximum atomic E-state index is 12.0. The topological polar surface area (TPSA) is 75.4 Å². The van der Waals surface area contributed by atoms with Crippen molar-refractivity contribution in [2.75, 3.05) is 20.1 Å². The van der Waals surface area contributed by atoms with E-state index >= 15 is 0 Å². The molecule has 0 bridgehead atoms. The monoisotopic (exact) mass is 263 g/mol. The molecule has 17 heavy (non-hydrogen) atoms. The van der Waals surface area contributed by atoms with E-state index in [2.05, 4.69) is 32.4 Å². The van der Waals surface area contributed by atoms with Crippen LogP contribution in [0.5, 0.6) is 0 Å². The molecule has 3 N–H and O–H groups in total. The molecule has 1 aliphatic carbocycles. The summed E-state index contributed by atoms with van der Waals surface area (Å²) in [5.41, 5.74) is 5.40. The lowest BCUT2D eigenvalue weighted by atomic mass is 10.0. The van der Waals surface area contributed by atoms with E-state index in [9.17, 15) is 8.42 Å². The van der Waals surface area contributed by atoms with Crippen LogP contribution in [0.3, 0.4) is 0 Å². The number of nitrogens with two attached hydrogens (primary N) is 1. The summed E-state index contributed by atoms with van der Waals surface area (Å²) >= 11 is 0. The fourth-order valence-corrected chi connectivity index (χ4v) is 3.60. The van der Waals surface area contributed by atoms with Crippen LogP contribution in [0.15, 0.2) is 0 Å². The molecule has 0 atom stereocenters. The van der Waals surface area contributed by atoms with E-state index in [1.54, 1.807) is 7.05 Å². The molecule has 102 valence electrons. The van der Waals surface area contributed by atoms with Gasteiger partial charge in [0, 0.05) is 19.6 Å². The van der Waals surface area contributed by atoms with Crippen LogP contribution in [0.4, 0.5) is 0 Å². The van der Waals surface area contributed by atoms with Crippen LogP contribution in [0.2, 0.25) is 0 Å². The maximum absolute atomic E-state index is 12.0. The number of hydrogen-bond donors (Lipinski definition) is 2. The van der Waals surface area contributed by atoms with Gasteiger partial charge in [-0.25, -0.2) is 0 Å². The number of hydrogen-bond acceptors (Lipinski definition) is 3. The molecule has 0 aromatic heterocycles. The number of nitrogens with zero attached hydrogens (tertiary/aromatic N) is 1. The summed E-state index contributed by atoms with van der Waals surface area (Å²) < 4.78 is 28.2. The first-order valence-corrected chi connectivity index (χ1v) is 7.45. The van der Waals surface area contributed by atoms with Gasteiger partial charge in [0.15, 0.2) is 0 Å². The Hall–Kier alpha value is -0.170. The van der Waals surface area contributed by atoms with Crippen molar-refractivity contribution in [3.05, 3.63) is 0 Å². The zero-order valence-corrected chi connectivity index (χ0v) is 12.3. The molecule has 1 saturated carbocycles. The van der Waals surface area contributed by atoms with E-state index in [1.165, 1.54) is 4.31 Å². The second kappa shape index (κ2) is 4.50. The molecule has 0 aromatic rings. The lowest BCUT2D eigenvalue weighted by Gasteiger charge is -2.18. The predicted molar refractivity (Wildman–Crippen MR) is 69.7 cm³/mol. The van der Waals surface area contributed by atoms with Gasteiger partial charge in [-0.3, -0.25) is 0 Å². The highest BCUT2D eigenvalue weighted by Gasteiger charge is 2.66. The van der Waals surface area contributed by atoms with Gasteiger partial charge >= 0.3 is 0 Å². The Kier molecular flexibility index (Phi) is 3.94. The van der Waals surface area contributed by atoms with E-state index in [4.69, 9.17) is 5.73 Å². The van der Waals surface area contributed by atoms with Gasteiger partial charge in [-0.15, -0.1) is 0 Å². The Bertz CT molecular complexity index is 362. The van der Waals surface area contributed by atoms with Crippen LogP contribution in [0.1, 0.15) is 34.1 Å². The van der Waals surface area contributed by atoms with Crippen LogP contribution < -0.4 is 10.5 Å². The van der Waals surface area contributed by atoms with Crippen LogP contribution in [0.25, 0.3) is 0 Å². The number of rotatable bonds is 6. The fraction of sp³-hybridized carbons (Fsp3) is 1.00. The molecule has 6 heteroatoms. The van der Waals surface area contributed by atoms with Crippen LogP contribution >= 0.6 is 0 Å². The third-order valence-electron chi connectivity index (χ3n) is 4.37. The molecular formula is C11H25N3O2S. The predicted octanol–water partition coefficient (Wildman–Crippen LogP) is 0.536. The van der Waals surface area contributed by atoms with E-state index in [0.29, 0.717) is 19.5 Å². The van der Waals surface area contributed by atoms with Gasteiger partial charge in [0.05, 0.1) is 0 Å². The average Bonchev–Trinajstić information content (AvgIpc) is 2.57. The Labute approximate surface area is 105 Å². The summed E-state index contributed by atoms with van der Waals surface area (Å²) in [7, 11) is -1.80. The average molecular weight is 263 g/mol. The quantitative estimate of drug-likeness (QED) is 0.734. The van der Waals surface area contributed by atoms with E-state index in [1.807, 2.05) is 0 Å². The van der Waals surface area contributed by atoms with Gasteiger partial charge in [-0.05, 0) is 23.8 Å². The van der Waals surface area contributed by atoms with Crippen molar-refractivity contribution < 1.29 is 8.42 Å². The molecule has 1 rings (SSSR count). The van der Waals surface area contributed by atoms with Crippen LogP contribution in [-0.2, 0) is 10.2 Å². The van der Waals surface area contributed by atoms with E-state index in [0.717, 1.165) is 0 Å². The summed E-state index contributed by atoms with van der Waals surface area (Å²) in [6.45, 7) is 9.29. The Morgan fingerprint density at radius 1 is 1.24 bits per heavy atom. The molecule has 5 nitrogen and oxygen atoms in total. The van der Waals surface area contributed by atoms with Crippen molar-refractivity contribution in [1.82, 2.24) is 9.03 Å².